The molecule has 6 nitrogen and oxygen atoms in total. The third-order valence-corrected chi connectivity index (χ3v) is 3.75. The predicted molar refractivity (Wildman–Crippen MR) is 65.9 cm³/mol. The molecule has 0 saturated carbocycles. The Kier molecular flexibility index (Phi) is 4.08. The van der Waals surface area contributed by atoms with Crippen LogP contribution in [0.3, 0.4) is 0 Å². The van der Waals surface area contributed by atoms with E-state index in [0.717, 1.165) is 12.4 Å². The summed E-state index contributed by atoms with van der Waals surface area (Å²) in [6.07, 6.45) is 3.22. The minimum absolute atomic E-state index is 0.163. The van der Waals surface area contributed by atoms with Crippen LogP contribution in [0.4, 0.5) is 0 Å². The van der Waals surface area contributed by atoms with Crippen molar-refractivity contribution in [1.82, 2.24) is 14.8 Å². The third-order valence-electron chi connectivity index (χ3n) is 3.75. The molecule has 1 aromatic heterocycles. The summed E-state index contributed by atoms with van der Waals surface area (Å²) in [7, 11) is 0. The second-order valence-corrected chi connectivity index (χ2v) is 4.69. The van der Waals surface area contributed by atoms with E-state index in [-0.39, 0.29) is 5.78 Å². The molecular weight excluding hydrogens is 232 g/mol. The Bertz CT molecular complexity index is 410. The van der Waals surface area contributed by atoms with Crippen LogP contribution in [0.15, 0.2) is 6.33 Å². The zero-order chi connectivity index (χ0) is 13.0. The highest BCUT2D eigenvalue weighted by atomic mass is 16.5. The third kappa shape index (κ3) is 2.44. The number of hydrogen-bond acceptors (Lipinski definition) is 5. The Labute approximate surface area is 107 Å². The Hall–Kier alpha value is -1.27. The van der Waals surface area contributed by atoms with E-state index >= 15 is 0 Å². The molecule has 0 unspecified atom stereocenters. The van der Waals surface area contributed by atoms with E-state index in [0.29, 0.717) is 39.0 Å². The lowest BCUT2D eigenvalue weighted by Gasteiger charge is -2.34. The molecule has 0 bridgehead atoms. The molecule has 1 aliphatic rings. The fourth-order valence-corrected chi connectivity index (χ4v) is 2.38. The number of aromatic nitrogens is 3. The van der Waals surface area contributed by atoms with Crippen LogP contribution in [0, 0.1) is 5.41 Å². The Morgan fingerprint density at radius 3 is 2.89 bits per heavy atom. The summed E-state index contributed by atoms with van der Waals surface area (Å²) in [4.78, 5) is 16.6. The molecule has 0 radical (unpaired) electrons. The maximum Gasteiger partial charge on any atom is 0.148 e. The number of hydrogen-bond donors (Lipinski definition) is 1. The maximum atomic E-state index is 12.5. The number of Topliss-reactive ketones (excluding diaryl/α,β-unsaturated/α-hetero) is 1. The summed E-state index contributed by atoms with van der Waals surface area (Å²) < 4.78 is 7.07. The number of carbonyl (C=O) groups is 1. The quantitative estimate of drug-likeness (QED) is 0.807. The summed E-state index contributed by atoms with van der Waals surface area (Å²) in [5.74, 6) is 0.887. The van der Waals surface area contributed by atoms with Crippen LogP contribution in [0.1, 0.15) is 25.6 Å². The SMILES string of the molecule is CCn1ncnc1CC(=O)C1(CN)CCOCC1. The van der Waals surface area contributed by atoms with Gasteiger partial charge in [0.15, 0.2) is 0 Å². The fraction of sp³-hybridized carbons (Fsp3) is 0.750. The fourth-order valence-electron chi connectivity index (χ4n) is 2.38. The molecule has 1 saturated heterocycles. The van der Waals surface area contributed by atoms with Crippen molar-refractivity contribution < 1.29 is 9.53 Å². The van der Waals surface area contributed by atoms with Gasteiger partial charge in [0.2, 0.25) is 0 Å². The van der Waals surface area contributed by atoms with Gasteiger partial charge in [0.05, 0.1) is 6.42 Å². The number of ether oxygens (including phenoxy) is 1. The average molecular weight is 252 g/mol. The normalized spacial score (nSPS) is 18.8. The first-order chi connectivity index (χ1) is 8.72. The summed E-state index contributed by atoms with van der Waals surface area (Å²) in [6.45, 7) is 4.32. The number of rotatable bonds is 5. The van der Waals surface area contributed by atoms with Gasteiger partial charge < -0.3 is 10.5 Å². The van der Waals surface area contributed by atoms with Crippen LogP contribution in [-0.2, 0) is 22.5 Å². The molecule has 100 valence electrons. The molecule has 0 spiro atoms. The first-order valence-corrected chi connectivity index (χ1v) is 6.39. The van der Waals surface area contributed by atoms with E-state index < -0.39 is 5.41 Å². The number of aryl methyl sites for hydroxylation is 1. The number of nitrogens with two attached hydrogens (primary N) is 1. The van der Waals surface area contributed by atoms with Gasteiger partial charge in [0, 0.05) is 31.7 Å². The van der Waals surface area contributed by atoms with Crippen molar-refractivity contribution in [2.75, 3.05) is 19.8 Å². The van der Waals surface area contributed by atoms with Crippen molar-refractivity contribution >= 4 is 5.78 Å². The lowest BCUT2D eigenvalue weighted by atomic mass is 9.75. The minimum atomic E-state index is -0.428. The van der Waals surface area contributed by atoms with Gasteiger partial charge in [-0.3, -0.25) is 4.79 Å². The van der Waals surface area contributed by atoms with Crippen LogP contribution >= 0.6 is 0 Å². The van der Waals surface area contributed by atoms with Gasteiger partial charge in [0.1, 0.15) is 17.9 Å². The highest BCUT2D eigenvalue weighted by Gasteiger charge is 2.38. The predicted octanol–water partition coefficient (Wildman–Crippen LogP) is 0.165. The first-order valence-electron chi connectivity index (χ1n) is 6.39. The molecule has 0 aliphatic carbocycles. The van der Waals surface area contributed by atoms with Crippen LogP contribution in [0.2, 0.25) is 0 Å². The van der Waals surface area contributed by atoms with Crippen molar-refractivity contribution in [3.8, 4) is 0 Å². The van der Waals surface area contributed by atoms with Gasteiger partial charge >= 0.3 is 0 Å². The summed E-state index contributed by atoms with van der Waals surface area (Å²) in [5.41, 5.74) is 5.39. The van der Waals surface area contributed by atoms with E-state index in [9.17, 15) is 4.79 Å². The molecule has 1 aliphatic heterocycles. The zero-order valence-corrected chi connectivity index (χ0v) is 10.8. The number of carbonyl (C=O) groups excluding carboxylic acids is 1. The lowest BCUT2D eigenvalue weighted by Crippen LogP contribution is -2.44. The van der Waals surface area contributed by atoms with Gasteiger partial charge in [-0.1, -0.05) is 0 Å². The first kappa shape index (κ1) is 13.2. The van der Waals surface area contributed by atoms with Crippen molar-refractivity contribution in [3.05, 3.63) is 12.2 Å². The minimum Gasteiger partial charge on any atom is -0.381 e. The molecule has 2 N–H and O–H groups in total. The summed E-state index contributed by atoms with van der Waals surface area (Å²) in [6, 6.07) is 0. The molecule has 0 aromatic carbocycles. The zero-order valence-electron chi connectivity index (χ0n) is 10.8. The van der Waals surface area contributed by atoms with Crippen molar-refractivity contribution in [2.45, 2.75) is 32.7 Å². The number of nitrogens with zero attached hydrogens (tertiary/aromatic N) is 3. The standard InChI is InChI=1S/C12H20N4O2/c1-2-16-11(14-9-15-16)7-10(17)12(8-13)3-5-18-6-4-12/h9H,2-8,13H2,1H3. The highest BCUT2D eigenvalue weighted by molar-refractivity contribution is 5.86. The van der Waals surface area contributed by atoms with Crippen LogP contribution in [-0.4, -0.2) is 40.3 Å². The molecule has 6 heteroatoms. The molecule has 1 fully saturated rings. The highest BCUT2D eigenvalue weighted by Crippen LogP contribution is 2.31. The van der Waals surface area contributed by atoms with Gasteiger partial charge in [-0.25, -0.2) is 9.67 Å². The van der Waals surface area contributed by atoms with Gasteiger partial charge in [-0.05, 0) is 19.8 Å². The largest absolute Gasteiger partial charge is 0.381 e. The molecule has 1 aromatic rings. The Morgan fingerprint density at radius 2 is 2.28 bits per heavy atom. The van der Waals surface area contributed by atoms with Gasteiger partial charge in [-0.2, -0.15) is 5.10 Å². The molecule has 0 amide bonds. The van der Waals surface area contributed by atoms with Crippen molar-refractivity contribution in [1.29, 1.82) is 0 Å². The average Bonchev–Trinajstić information content (AvgIpc) is 2.86. The van der Waals surface area contributed by atoms with Crippen LogP contribution < -0.4 is 5.73 Å². The van der Waals surface area contributed by atoms with E-state index in [1.165, 1.54) is 6.33 Å². The molecular formula is C12H20N4O2. The monoisotopic (exact) mass is 252 g/mol. The second kappa shape index (κ2) is 5.58. The van der Waals surface area contributed by atoms with Gasteiger partial charge in [-0.15, -0.1) is 0 Å². The van der Waals surface area contributed by atoms with Crippen LogP contribution in [0.25, 0.3) is 0 Å². The second-order valence-electron chi connectivity index (χ2n) is 4.69. The summed E-state index contributed by atoms with van der Waals surface area (Å²) in [5, 5.41) is 4.08. The Balaban J connectivity index is 2.10. The van der Waals surface area contributed by atoms with Crippen molar-refractivity contribution in [3.63, 3.8) is 0 Å². The lowest BCUT2D eigenvalue weighted by molar-refractivity contribution is -0.133. The van der Waals surface area contributed by atoms with E-state index in [2.05, 4.69) is 10.1 Å². The number of ketones is 1. The molecule has 2 heterocycles. The topological polar surface area (TPSA) is 83.0 Å². The molecule has 2 rings (SSSR count). The smallest absolute Gasteiger partial charge is 0.148 e. The Morgan fingerprint density at radius 1 is 1.56 bits per heavy atom. The van der Waals surface area contributed by atoms with E-state index in [4.69, 9.17) is 10.5 Å². The molecule has 0 atom stereocenters. The van der Waals surface area contributed by atoms with E-state index in [1.807, 2.05) is 6.92 Å². The molecule has 18 heavy (non-hydrogen) atoms. The van der Waals surface area contributed by atoms with Crippen molar-refractivity contribution in [2.24, 2.45) is 11.1 Å². The maximum absolute atomic E-state index is 12.5. The van der Waals surface area contributed by atoms with Crippen LogP contribution in [0.5, 0.6) is 0 Å². The van der Waals surface area contributed by atoms with E-state index in [1.54, 1.807) is 4.68 Å². The summed E-state index contributed by atoms with van der Waals surface area (Å²) >= 11 is 0. The van der Waals surface area contributed by atoms with Gasteiger partial charge in [0.25, 0.3) is 0 Å².